The zero-order valence-electron chi connectivity index (χ0n) is 22.3. The van der Waals surface area contributed by atoms with E-state index in [9.17, 15) is 23.9 Å². The lowest BCUT2D eigenvalue weighted by molar-refractivity contribution is -0.154. The van der Waals surface area contributed by atoms with Crippen molar-refractivity contribution in [3.8, 4) is 11.1 Å². The van der Waals surface area contributed by atoms with Gasteiger partial charge in [0.2, 0.25) is 5.91 Å². The predicted molar refractivity (Wildman–Crippen MR) is 141 cm³/mol. The van der Waals surface area contributed by atoms with E-state index in [1.54, 1.807) is 26.2 Å². The van der Waals surface area contributed by atoms with Gasteiger partial charge in [-0.05, 0) is 24.8 Å². The Kier molecular flexibility index (Phi) is 7.60. The van der Waals surface area contributed by atoms with Gasteiger partial charge in [-0.1, -0.05) is 51.3 Å². The normalized spacial score (nSPS) is 21.4. The second kappa shape index (κ2) is 10.4. The number of aliphatic hydroxyl groups is 1. The molecule has 2 aliphatic rings. The van der Waals surface area contributed by atoms with Crippen LogP contribution in [0.2, 0.25) is 0 Å². The van der Waals surface area contributed by atoms with Gasteiger partial charge in [-0.2, -0.15) is 0 Å². The van der Waals surface area contributed by atoms with Gasteiger partial charge in [-0.25, -0.2) is 4.39 Å². The molecule has 2 amide bonds. The van der Waals surface area contributed by atoms with Gasteiger partial charge in [0.15, 0.2) is 0 Å². The average Bonchev–Trinajstić information content (AvgIpc) is 2.80. The van der Waals surface area contributed by atoms with Crippen LogP contribution >= 0.6 is 0 Å². The van der Waals surface area contributed by atoms with Gasteiger partial charge < -0.3 is 19.5 Å². The van der Waals surface area contributed by atoms with Crippen LogP contribution in [0.1, 0.15) is 62.7 Å². The predicted octanol–water partition coefficient (Wildman–Crippen LogP) is 3.93. The molecule has 0 spiro atoms. The van der Waals surface area contributed by atoms with E-state index < -0.39 is 22.4 Å². The maximum Gasteiger partial charge on any atom is 0.255 e. The van der Waals surface area contributed by atoms with Crippen LogP contribution < -0.4 is 5.56 Å². The van der Waals surface area contributed by atoms with Crippen molar-refractivity contribution in [1.82, 2.24) is 14.4 Å². The van der Waals surface area contributed by atoms with Crippen LogP contribution in [-0.2, 0) is 11.3 Å². The Morgan fingerprint density at radius 1 is 1.16 bits per heavy atom. The molecule has 37 heavy (non-hydrogen) atoms. The first kappa shape index (κ1) is 27.0. The van der Waals surface area contributed by atoms with Crippen molar-refractivity contribution in [2.24, 2.45) is 11.3 Å². The van der Waals surface area contributed by atoms with Crippen LogP contribution in [0.3, 0.4) is 0 Å². The molecule has 2 heterocycles. The third-order valence-electron chi connectivity index (χ3n) is 8.34. The minimum Gasteiger partial charge on any atom is -0.387 e. The Morgan fingerprint density at radius 3 is 2.46 bits per heavy atom. The van der Waals surface area contributed by atoms with E-state index in [4.69, 9.17) is 0 Å². The van der Waals surface area contributed by atoms with E-state index >= 15 is 0 Å². The van der Waals surface area contributed by atoms with E-state index in [0.717, 1.165) is 6.42 Å². The molecule has 1 saturated heterocycles. The Bertz CT molecular complexity index is 1230. The molecule has 2 fully saturated rings. The number of carbonyl (C=O) groups excluding carboxylic acids is 2. The third kappa shape index (κ3) is 5.49. The van der Waals surface area contributed by atoms with Gasteiger partial charge in [-0.15, -0.1) is 0 Å². The molecule has 200 valence electrons. The lowest BCUT2D eigenvalue weighted by atomic mass is 9.69. The van der Waals surface area contributed by atoms with Crippen LogP contribution in [-0.4, -0.2) is 64.1 Å². The van der Waals surface area contributed by atoms with E-state index in [2.05, 4.69) is 0 Å². The van der Waals surface area contributed by atoms with Crippen molar-refractivity contribution in [2.75, 3.05) is 27.2 Å². The van der Waals surface area contributed by atoms with Crippen LogP contribution in [0.25, 0.3) is 11.1 Å². The molecular weight excluding hydrogens is 473 g/mol. The summed E-state index contributed by atoms with van der Waals surface area (Å²) < 4.78 is 16.0. The molecule has 1 atom stereocenters. The largest absolute Gasteiger partial charge is 0.387 e. The summed E-state index contributed by atoms with van der Waals surface area (Å²) in [6, 6.07) is 7.30. The summed E-state index contributed by atoms with van der Waals surface area (Å²) in [5.74, 6) is -0.115. The fraction of sp³-hybridized carbons (Fsp3) is 0.552. The van der Waals surface area contributed by atoms with Gasteiger partial charge in [0, 0.05) is 62.4 Å². The van der Waals surface area contributed by atoms with Crippen molar-refractivity contribution in [3.05, 3.63) is 58.3 Å². The number of carbonyl (C=O) groups is 2. The molecule has 8 heteroatoms. The monoisotopic (exact) mass is 511 g/mol. The second-order valence-corrected chi connectivity index (χ2v) is 11.6. The minimum absolute atomic E-state index is 0.0335. The Morgan fingerprint density at radius 2 is 1.86 bits per heavy atom. The fourth-order valence-corrected chi connectivity index (χ4v) is 5.43. The van der Waals surface area contributed by atoms with Crippen LogP contribution in [0.15, 0.2) is 41.3 Å². The SMILES string of the molecule is CN(C)C(=O)c1cn(CC2(O)CCN(C(=O)CCC3CCC3)CC2(C)C)c(=O)cc1-c1ccccc1F. The van der Waals surface area contributed by atoms with Gasteiger partial charge in [-0.3, -0.25) is 14.4 Å². The van der Waals surface area contributed by atoms with E-state index in [1.165, 1.54) is 53.1 Å². The molecule has 2 aromatic rings. The topological polar surface area (TPSA) is 82.8 Å². The highest BCUT2D eigenvalue weighted by Gasteiger charge is 2.49. The first-order chi connectivity index (χ1) is 17.4. The summed E-state index contributed by atoms with van der Waals surface area (Å²) in [6.07, 6.45) is 6.87. The molecule has 0 bridgehead atoms. The lowest BCUT2D eigenvalue weighted by Crippen LogP contribution is -2.60. The number of rotatable bonds is 7. The number of pyridine rings is 1. The number of hydrogen-bond donors (Lipinski definition) is 1. The van der Waals surface area contributed by atoms with Crippen LogP contribution in [0, 0.1) is 17.2 Å². The molecule has 1 aromatic heterocycles. The number of piperidine rings is 1. The number of likely N-dealkylation sites (tertiary alicyclic amines) is 1. The smallest absolute Gasteiger partial charge is 0.255 e. The average molecular weight is 512 g/mol. The highest BCUT2D eigenvalue weighted by molar-refractivity contribution is 6.00. The molecule has 4 rings (SSSR count). The molecule has 1 aliphatic heterocycles. The summed E-state index contributed by atoms with van der Waals surface area (Å²) in [6.45, 7) is 4.58. The summed E-state index contributed by atoms with van der Waals surface area (Å²) in [7, 11) is 3.19. The Hall–Kier alpha value is -3.00. The lowest BCUT2D eigenvalue weighted by Gasteiger charge is -2.50. The molecule has 0 radical (unpaired) electrons. The number of amides is 2. The van der Waals surface area contributed by atoms with Crippen molar-refractivity contribution in [2.45, 2.75) is 64.5 Å². The van der Waals surface area contributed by atoms with Crippen molar-refractivity contribution >= 4 is 11.8 Å². The molecule has 1 aliphatic carbocycles. The molecule has 1 aromatic carbocycles. The third-order valence-corrected chi connectivity index (χ3v) is 8.34. The zero-order valence-corrected chi connectivity index (χ0v) is 22.3. The summed E-state index contributed by atoms with van der Waals surface area (Å²) in [5, 5.41) is 11.8. The van der Waals surface area contributed by atoms with Crippen molar-refractivity contribution < 1.29 is 19.1 Å². The highest BCUT2D eigenvalue weighted by Crippen LogP contribution is 2.40. The van der Waals surface area contributed by atoms with Gasteiger partial charge in [0.05, 0.1) is 17.7 Å². The van der Waals surface area contributed by atoms with E-state index in [-0.39, 0.29) is 35.0 Å². The molecule has 1 saturated carbocycles. The number of nitrogens with zero attached hydrogens (tertiary/aromatic N) is 3. The van der Waals surface area contributed by atoms with Crippen molar-refractivity contribution in [1.29, 1.82) is 0 Å². The minimum atomic E-state index is -1.28. The second-order valence-electron chi connectivity index (χ2n) is 11.6. The maximum absolute atomic E-state index is 14.6. The van der Waals surface area contributed by atoms with Crippen LogP contribution in [0.4, 0.5) is 4.39 Å². The Balaban J connectivity index is 1.59. The van der Waals surface area contributed by atoms with E-state index in [0.29, 0.717) is 31.8 Å². The summed E-state index contributed by atoms with van der Waals surface area (Å²) >= 11 is 0. The Labute approximate surface area is 217 Å². The standard InChI is InChI=1S/C29H38FN3O4/c1-28(2)18-32(25(34)13-12-20-8-7-9-20)15-14-29(28,37)19-33-17-23(27(36)31(3)4)22(16-26(33)35)21-10-5-6-11-24(21)30/h5-6,10-11,16-17,20,37H,7-9,12-15,18-19H2,1-4H3. The maximum atomic E-state index is 14.6. The molecule has 7 nitrogen and oxygen atoms in total. The highest BCUT2D eigenvalue weighted by atomic mass is 19.1. The van der Waals surface area contributed by atoms with Gasteiger partial charge >= 0.3 is 0 Å². The zero-order chi connectivity index (χ0) is 27.0. The first-order valence-corrected chi connectivity index (χ1v) is 13.1. The van der Waals surface area contributed by atoms with Crippen LogP contribution in [0.5, 0.6) is 0 Å². The quantitative estimate of drug-likeness (QED) is 0.611. The first-order valence-electron chi connectivity index (χ1n) is 13.1. The van der Waals surface area contributed by atoms with Gasteiger partial charge in [0.1, 0.15) is 5.82 Å². The summed E-state index contributed by atoms with van der Waals surface area (Å²) in [4.78, 5) is 42.3. The number of hydrogen-bond acceptors (Lipinski definition) is 4. The fourth-order valence-electron chi connectivity index (χ4n) is 5.43. The number of benzene rings is 1. The molecular formula is C29H38FN3O4. The molecule has 1 N–H and O–H groups in total. The van der Waals surface area contributed by atoms with Crippen molar-refractivity contribution in [3.63, 3.8) is 0 Å². The molecule has 1 unspecified atom stereocenters. The van der Waals surface area contributed by atoms with Gasteiger partial charge in [0.25, 0.3) is 11.5 Å². The number of halogens is 1. The number of aromatic nitrogens is 1. The van der Waals surface area contributed by atoms with E-state index in [1.807, 2.05) is 18.7 Å². The summed E-state index contributed by atoms with van der Waals surface area (Å²) in [5.41, 5.74) is -1.83.